The lowest BCUT2D eigenvalue weighted by Gasteiger charge is -2.11. The van der Waals surface area contributed by atoms with Crippen LogP contribution in [0.1, 0.15) is 30.6 Å². The zero-order valence-corrected chi connectivity index (χ0v) is 13.0. The Balaban J connectivity index is 2.10. The lowest BCUT2D eigenvalue weighted by Crippen LogP contribution is -2.09. The second-order valence-electron chi connectivity index (χ2n) is 5.22. The minimum atomic E-state index is -4.36. The van der Waals surface area contributed by atoms with Gasteiger partial charge in [-0.3, -0.25) is 4.79 Å². The smallest absolute Gasteiger partial charge is 0.416 e. The van der Waals surface area contributed by atoms with Crippen molar-refractivity contribution in [2.24, 2.45) is 0 Å². The van der Waals surface area contributed by atoms with Crippen LogP contribution in [0.15, 0.2) is 48.5 Å². The van der Waals surface area contributed by atoms with Crippen LogP contribution in [0, 0.1) is 0 Å². The van der Waals surface area contributed by atoms with E-state index >= 15 is 0 Å². The molecule has 0 aliphatic carbocycles. The molecule has 0 aromatic heterocycles. The molecule has 0 amide bonds. The van der Waals surface area contributed by atoms with Crippen LogP contribution in [-0.4, -0.2) is 17.7 Å². The van der Waals surface area contributed by atoms with E-state index in [1.165, 1.54) is 12.1 Å². The van der Waals surface area contributed by atoms with Gasteiger partial charge in [0.25, 0.3) is 0 Å². The van der Waals surface area contributed by atoms with Crippen molar-refractivity contribution in [3.05, 3.63) is 59.7 Å². The molecule has 0 radical (unpaired) electrons. The zero-order chi connectivity index (χ0) is 17.7. The summed E-state index contributed by atoms with van der Waals surface area (Å²) in [5.41, 5.74) is 1.19. The van der Waals surface area contributed by atoms with E-state index in [0.29, 0.717) is 11.1 Å². The summed E-state index contributed by atoms with van der Waals surface area (Å²) in [6.45, 7) is 1.93. The Morgan fingerprint density at radius 1 is 1.04 bits per heavy atom. The van der Waals surface area contributed by atoms with Crippen LogP contribution >= 0.6 is 0 Å². The molecule has 24 heavy (non-hydrogen) atoms. The van der Waals surface area contributed by atoms with Crippen molar-refractivity contribution in [1.29, 1.82) is 0 Å². The summed E-state index contributed by atoms with van der Waals surface area (Å²) in [7, 11) is 0. The zero-order valence-electron chi connectivity index (χ0n) is 13.0. The first-order valence-electron chi connectivity index (χ1n) is 7.42. The molecule has 0 saturated carbocycles. The molecule has 0 saturated heterocycles. The first kappa shape index (κ1) is 18.0. The largest absolute Gasteiger partial charge is 0.466 e. The van der Waals surface area contributed by atoms with Gasteiger partial charge in [0.2, 0.25) is 0 Å². The summed E-state index contributed by atoms with van der Waals surface area (Å²) >= 11 is 0. The van der Waals surface area contributed by atoms with Crippen LogP contribution in [0.3, 0.4) is 0 Å². The number of esters is 1. The molecule has 2 aromatic rings. The van der Waals surface area contributed by atoms with E-state index in [-0.39, 0.29) is 13.0 Å². The quantitative estimate of drug-likeness (QED) is 0.824. The molecule has 128 valence electrons. The third-order valence-corrected chi connectivity index (χ3v) is 3.51. The number of carbonyl (C=O) groups is 1. The number of aliphatic hydroxyl groups is 1. The summed E-state index contributed by atoms with van der Waals surface area (Å²) < 4.78 is 42.4. The van der Waals surface area contributed by atoms with E-state index in [1.54, 1.807) is 31.2 Å². The molecule has 0 spiro atoms. The maximum Gasteiger partial charge on any atom is 0.416 e. The van der Waals surface area contributed by atoms with Gasteiger partial charge in [-0.05, 0) is 35.7 Å². The lowest BCUT2D eigenvalue weighted by atomic mass is 10.00. The Labute approximate surface area is 137 Å². The van der Waals surface area contributed by atoms with E-state index in [1.807, 2.05) is 0 Å². The SMILES string of the molecule is CCOC(=O)CC(O)c1ccc(-c2ccc(C(F)(F)F)cc2)cc1. The third kappa shape index (κ3) is 4.58. The average Bonchev–Trinajstić information content (AvgIpc) is 2.54. The summed E-state index contributed by atoms with van der Waals surface area (Å²) in [6, 6.07) is 11.5. The Morgan fingerprint density at radius 2 is 1.54 bits per heavy atom. The summed E-state index contributed by atoms with van der Waals surface area (Å²) in [5, 5.41) is 9.98. The van der Waals surface area contributed by atoms with Gasteiger partial charge in [0.1, 0.15) is 0 Å². The van der Waals surface area contributed by atoms with Crippen LogP contribution < -0.4 is 0 Å². The minimum absolute atomic E-state index is 0.145. The molecule has 1 unspecified atom stereocenters. The minimum Gasteiger partial charge on any atom is -0.466 e. The normalized spacial score (nSPS) is 12.7. The second-order valence-corrected chi connectivity index (χ2v) is 5.22. The average molecular weight is 338 g/mol. The molecular formula is C18H17F3O3. The third-order valence-electron chi connectivity index (χ3n) is 3.51. The molecule has 0 aliphatic rings. The van der Waals surface area contributed by atoms with Gasteiger partial charge in [-0.2, -0.15) is 13.2 Å². The summed E-state index contributed by atoms with van der Waals surface area (Å²) in [4.78, 5) is 11.4. The van der Waals surface area contributed by atoms with Gasteiger partial charge in [0.15, 0.2) is 0 Å². The number of rotatable bonds is 5. The number of halogens is 3. The van der Waals surface area contributed by atoms with Crippen molar-refractivity contribution in [1.82, 2.24) is 0 Å². The van der Waals surface area contributed by atoms with E-state index < -0.39 is 23.8 Å². The Hall–Kier alpha value is -2.34. The fraction of sp³-hybridized carbons (Fsp3) is 0.278. The highest BCUT2D eigenvalue weighted by Gasteiger charge is 2.29. The summed E-state index contributed by atoms with van der Waals surface area (Å²) in [5.74, 6) is -0.489. The maximum absolute atomic E-state index is 12.6. The van der Waals surface area contributed by atoms with Crippen LogP contribution in [0.4, 0.5) is 13.2 Å². The number of hydrogen-bond acceptors (Lipinski definition) is 3. The number of alkyl halides is 3. The molecule has 6 heteroatoms. The van der Waals surface area contributed by atoms with Crippen LogP contribution in [-0.2, 0) is 15.7 Å². The number of hydrogen-bond donors (Lipinski definition) is 1. The van der Waals surface area contributed by atoms with Crippen LogP contribution in [0.5, 0.6) is 0 Å². The van der Waals surface area contributed by atoms with Crippen molar-refractivity contribution in [3.8, 4) is 11.1 Å². The maximum atomic E-state index is 12.6. The van der Waals surface area contributed by atoms with E-state index in [9.17, 15) is 23.1 Å². The molecule has 0 heterocycles. The van der Waals surface area contributed by atoms with E-state index in [4.69, 9.17) is 4.74 Å². The van der Waals surface area contributed by atoms with Crippen molar-refractivity contribution in [2.75, 3.05) is 6.61 Å². The van der Waals surface area contributed by atoms with Crippen LogP contribution in [0.2, 0.25) is 0 Å². The molecule has 0 aliphatic heterocycles. The van der Waals surface area contributed by atoms with Crippen molar-refractivity contribution >= 4 is 5.97 Å². The first-order valence-corrected chi connectivity index (χ1v) is 7.42. The van der Waals surface area contributed by atoms with Crippen molar-refractivity contribution in [2.45, 2.75) is 25.6 Å². The molecule has 0 fully saturated rings. The fourth-order valence-electron chi connectivity index (χ4n) is 2.25. The second kappa shape index (κ2) is 7.49. The molecule has 3 nitrogen and oxygen atoms in total. The standard InChI is InChI=1S/C18H17F3O3/c1-2-24-17(23)11-16(22)14-5-3-12(4-6-14)13-7-9-15(10-8-13)18(19,20)21/h3-10,16,22H,2,11H2,1H3. The molecule has 2 aromatic carbocycles. The van der Waals surface area contributed by atoms with Gasteiger partial charge in [-0.1, -0.05) is 36.4 Å². The molecular weight excluding hydrogens is 321 g/mol. The topological polar surface area (TPSA) is 46.5 Å². The monoisotopic (exact) mass is 338 g/mol. The molecule has 0 bridgehead atoms. The highest BCUT2D eigenvalue weighted by atomic mass is 19.4. The predicted octanol–water partition coefficient (Wildman–Crippen LogP) is 4.36. The number of carbonyl (C=O) groups excluding carboxylic acids is 1. The van der Waals surface area contributed by atoms with Gasteiger partial charge in [0.05, 0.1) is 24.7 Å². The fourth-order valence-corrected chi connectivity index (χ4v) is 2.25. The predicted molar refractivity (Wildman–Crippen MR) is 83.1 cm³/mol. The van der Waals surface area contributed by atoms with Crippen molar-refractivity contribution < 1.29 is 27.8 Å². The molecule has 2 rings (SSSR count). The number of benzene rings is 2. The number of ether oxygens (including phenoxy) is 1. The summed E-state index contributed by atoms with van der Waals surface area (Å²) in [6.07, 6.45) is -5.49. The highest BCUT2D eigenvalue weighted by Crippen LogP contribution is 2.31. The van der Waals surface area contributed by atoms with Gasteiger partial charge < -0.3 is 9.84 Å². The Morgan fingerprint density at radius 3 is 2.00 bits per heavy atom. The van der Waals surface area contributed by atoms with Crippen molar-refractivity contribution in [3.63, 3.8) is 0 Å². The molecule has 1 N–H and O–H groups in total. The lowest BCUT2D eigenvalue weighted by molar-refractivity contribution is -0.145. The van der Waals surface area contributed by atoms with Gasteiger partial charge in [-0.15, -0.1) is 0 Å². The highest BCUT2D eigenvalue weighted by molar-refractivity contribution is 5.70. The van der Waals surface area contributed by atoms with Crippen LogP contribution in [0.25, 0.3) is 11.1 Å². The van der Waals surface area contributed by atoms with Gasteiger partial charge in [-0.25, -0.2) is 0 Å². The Kier molecular flexibility index (Phi) is 5.62. The first-order chi connectivity index (χ1) is 11.3. The Bertz CT molecular complexity index is 676. The molecule has 1 atom stereocenters. The van der Waals surface area contributed by atoms with E-state index in [2.05, 4.69) is 0 Å². The van der Waals surface area contributed by atoms with Gasteiger partial charge >= 0.3 is 12.1 Å². The number of aliphatic hydroxyl groups excluding tert-OH is 1. The van der Waals surface area contributed by atoms with Gasteiger partial charge in [0, 0.05) is 0 Å². The van der Waals surface area contributed by atoms with E-state index in [0.717, 1.165) is 17.7 Å².